The Bertz CT molecular complexity index is 907. The average molecular weight is 349 g/mol. The number of hydrogen-bond donors (Lipinski definition) is 2. The number of ether oxygens (including phenoxy) is 2. The zero-order valence-electron chi connectivity index (χ0n) is 12.8. The van der Waals surface area contributed by atoms with Crippen molar-refractivity contribution in [2.75, 3.05) is 17.9 Å². The van der Waals surface area contributed by atoms with Crippen molar-refractivity contribution in [1.29, 1.82) is 0 Å². The van der Waals surface area contributed by atoms with Crippen LogP contribution in [0.2, 0.25) is 0 Å². The summed E-state index contributed by atoms with van der Waals surface area (Å²) in [6, 6.07) is 8.71. The summed E-state index contributed by atoms with van der Waals surface area (Å²) in [5, 5.41) is 9.24. The molecule has 0 saturated heterocycles. The number of carbonyl (C=O) groups is 1. The van der Waals surface area contributed by atoms with Gasteiger partial charge in [0.25, 0.3) is 10.0 Å². The van der Waals surface area contributed by atoms with Crippen molar-refractivity contribution >= 4 is 21.7 Å². The molecule has 7 nitrogen and oxygen atoms in total. The van der Waals surface area contributed by atoms with Crippen LogP contribution in [0.15, 0.2) is 41.3 Å². The van der Waals surface area contributed by atoms with Crippen LogP contribution in [0.1, 0.15) is 15.9 Å². The van der Waals surface area contributed by atoms with Gasteiger partial charge in [0.2, 0.25) is 0 Å². The second kappa shape index (κ2) is 6.04. The van der Waals surface area contributed by atoms with E-state index in [-0.39, 0.29) is 16.1 Å². The molecular weight excluding hydrogens is 334 g/mol. The maximum atomic E-state index is 12.5. The highest BCUT2D eigenvalue weighted by Gasteiger charge is 2.21. The van der Waals surface area contributed by atoms with Crippen molar-refractivity contribution in [3.8, 4) is 11.5 Å². The first-order valence-electron chi connectivity index (χ1n) is 7.13. The summed E-state index contributed by atoms with van der Waals surface area (Å²) in [5.74, 6) is -0.396. The summed E-state index contributed by atoms with van der Waals surface area (Å²) in [7, 11) is -3.96. The summed E-state index contributed by atoms with van der Waals surface area (Å²) < 4.78 is 38.1. The number of nitrogens with one attached hydrogen (secondary N) is 1. The van der Waals surface area contributed by atoms with E-state index in [4.69, 9.17) is 9.47 Å². The highest BCUT2D eigenvalue weighted by atomic mass is 32.2. The van der Waals surface area contributed by atoms with E-state index in [1.165, 1.54) is 30.3 Å². The molecule has 0 fully saturated rings. The molecule has 0 atom stereocenters. The molecule has 1 heterocycles. The van der Waals surface area contributed by atoms with E-state index in [0.717, 1.165) is 5.56 Å². The van der Waals surface area contributed by atoms with Gasteiger partial charge in [-0.3, -0.25) is 4.72 Å². The van der Waals surface area contributed by atoms with Crippen LogP contribution in [0.25, 0.3) is 0 Å². The number of hydrogen-bond acceptors (Lipinski definition) is 5. The topological polar surface area (TPSA) is 102 Å². The maximum absolute atomic E-state index is 12.5. The fourth-order valence-electron chi connectivity index (χ4n) is 2.32. The molecule has 0 bridgehead atoms. The van der Waals surface area contributed by atoms with Crippen LogP contribution >= 0.6 is 0 Å². The van der Waals surface area contributed by atoms with Gasteiger partial charge >= 0.3 is 5.97 Å². The Labute approximate surface area is 138 Å². The number of sulfonamides is 1. The lowest BCUT2D eigenvalue weighted by Gasteiger charge is -2.19. The van der Waals surface area contributed by atoms with Crippen molar-refractivity contribution in [2.24, 2.45) is 0 Å². The van der Waals surface area contributed by atoms with E-state index in [9.17, 15) is 18.3 Å². The Morgan fingerprint density at radius 1 is 1.08 bits per heavy atom. The fraction of sp³-hybridized carbons (Fsp3) is 0.188. The van der Waals surface area contributed by atoms with Gasteiger partial charge in [0, 0.05) is 6.07 Å². The molecule has 2 aromatic rings. The van der Waals surface area contributed by atoms with Crippen molar-refractivity contribution in [1.82, 2.24) is 0 Å². The predicted octanol–water partition coefficient (Wildman–Crippen LogP) is 2.27. The van der Waals surface area contributed by atoms with Crippen LogP contribution in [-0.4, -0.2) is 32.7 Å². The average Bonchev–Trinajstić information content (AvgIpc) is 2.55. The molecule has 0 saturated carbocycles. The molecule has 2 N–H and O–H groups in total. The van der Waals surface area contributed by atoms with Gasteiger partial charge in [-0.05, 0) is 31.2 Å². The normalized spacial score (nSPS) is 13.4. The number of aryl methyl sites for hydroxylation is 1. The maximum Gasteiger partial charge on any atom is 0.337 e. The van der Waals surface area contributed by atoms with Crippen LogP contribution in [-0.2, 0) is 10.0 Å². The van der Waals surface area contributed by atoms with Crippen molar-refractivity contribution in [3.05, 3.63) is 47.5 Å². The largest absolute Gasteiger partial charge is 0.486 e. The van der Waals surface area contributed by atoms with Gasteiger partial charge in [-0.2, -0.15) is 0 Å². The highest BCUT2D eigenvalue weighted by molar-refractivity contribution is 7.92. The van der Waals surface area contributed by atoms with E-state index >= 15 is 0 Å². The van der Waals surface area contributed by atoms with Crippen molar-refractivity contribution < 1.29 is 27.8 Å². The summed E-state index contributed by atoms with van der Waals surface area (Å²) >= 11 is 0. The van der Waals surface area contributed by atoms with Gasteiger partial charge in [0.1, 0.15) is 13.2 Å². The van der Waals surface area contributed by atoms with Gasteiger partial charge in [-0.1, -0.05) is 11.6 Å². The van der Waals surface area contributed by atoms with E-state index in [0.29, 0.717) is 24.7 Å². The Hall–Kier alpha value is -2.74. The monoisotopic (exact) mass is 349 g/mol. The van der Waals surface area contributed by atoms with Crippen molar-refractivity contribution in [2.45, 2.75) is 11.8 Å². The first-order valence-corrected chi connectivity index (χ1v) is 8.61. The molecule has 3 rings (SSSR count). The zero-order chi connectivity index (χ0) is 17.3. The molecule has 0 spiro atoms. The third-order valence-electron chi connectivity index (χ3n) is 3.47. The second-order valence-electron chi connectivity index (χ2n) is 5.27. The number of carboxylic acid groups (broad SMARTS) is 1. The van der Waals surface area contributed by atoms with Gasteiger partial charge in [-0.15, -0.1) is 0 Å². The van der Waals surface area contributed by atoms with E-state index < -0.39 is 16.0 Å². The predicted molar refractivity (Wildman–Crippen MR) is 86.4 cm³/mol. The molecule has 2 aromatic carbocycles. The third-order valence-corrected chi connectivity index (χ3v) is 4.84. The lowest BCUT2D eigenvalue weighted by molar-refractivity contribution is 0.0698. The lowest BCUT2D eigenvalue weighted by atomic mass is 10.1. The number of benzene rings is 2. The van der Waals surface area contributed by atoms with Gasteiger partial charge in [-0.25, -0.2) is 13.2 Å². The molecule has 1 aliphatic rings. The van der Waals surface area contributed by atoms with Crippen LogP contribution in [0.5, 0.6) is 11.5 Å². The molecule has 1 aliphatic heterocycles. The first kappa shape index (κ1) is 16.1. The van der Waals surface area contributed by atoms with E-state index in [1.807, 2.05) is 0 Å². The lowest BCUT2D eigenvalue weighted by Crippen LogP contribution is -2.18. The zero-order valence-corrected chi connectivity index (χ0v) is 13.6. The minimum atomic E-state index is -3.96. The minimum absolute atomic E-state index is 0.00277. The Kier molecular flexibility index (Phi) is 4.06. The molecule has 8 heteroatoms. The molecule has 126 valence electrons. The van der Waals surface area contributed by atoms with E-state index in [1.54, 1.807) is 13.0 Å². The fourth-order valence-corrected chi connectivity index (χ4v) is 3.41. The molecule has 0 amide bonds. The Morgan fingerprint density at radius 3 is 2.50 bits per heavy atom. The number of anilines is 1. The van der Waals surface area contributed by atoms with Crippen LogP contribution in [0, 0.1) is 6.92 Å². The van der Waals surface area contributed by atoms with Crippen molar-refractivity contribution in [3.63, 3.8) is 0 Å². The Morgan fingerprint density at radius 2 is 1.79 bits per heavy atom. The number of carboxylic acids is 1. The molecule has 0 aliphatic carbocycles. The second-order valence-corrected chi connectivity index (χ2v) is 6.95. The molecule has 0 aromatic heterocycles. The van der Waals surface area contributed by atoms with Crippen LogP contribution in [0.4, 0.5) is 5.69 Å². The van der Waals surface area contributed by atoms with Gasteiger partial charge in [0.05, 0.1) is 16.1 Å². The standard InChI is InChI=1S/C16H15NO6S/c1-10-2-4-13(12(8-10)16(18)19)17-24(20,21)11-3-5-14-15(9-11)23-7-6-22-14/h2-5,8-9,17H,6-7H2,1H3,(H,18,19). The number of fused-ring (bicyclic) bond motifs is 1. The SMILES string of the molecule is Cc1ccc(NS(=O)(=O)c2ccc3c(c2)OCCO3)c(C(=O)O)c1. The summed E-state index contributed by atoms with van der Waals surface area (Å²) in [6.07, 6.45) is 0. The van der Waals surface area contributed by atoms with Gasteiger partial charge in [0.15, 0.2) is 11.5 Å². The molecule has 24 heavy (non-hydrogen) atoms. The summed E-state index contributed by atoms with van der Waals surface area (Å²) in [6.45, 7) is 2.47. The highest BCUT2D eigenvalue weighted by Crippen LogP contribution is 2.33. The quantitative estimate of drug-likeness (QED) is 0.878. The summed E-state index contributed by atoms with van der Waals surface area (Å²) in [4.78, 5) is 11.3. The minimum Gasteiger partial charge on any atom is -0.486 e. The van der Waals surface area contributed by atoms with Crippen LogP contribution in [0.3, 0.4) is 0 Å². The van der Waals surface area contributed by atoms with E-state index in [2.05, 4.69) is 4.72 Å². The first-order chi connectivity index (χ1) is 11.4. The molecular formula is C16H15NO6S. The molecule has 0 unspecified atom stereocenters. The smallest absolute Gasteiger partial charge is 0.337 e. The third kappa shape index (κ3) is 3.13. The van der Waals surface area contributed by atoms with Crippen LogP contribution < -0.4 is 14.2 Å². The number of aromatic carboxylic acids is 1. The number of rotatable bonds is 4. The summed E-state index contributed by atoms with van der Waals surface area (Å²) in [5.41, 5.74) is 0.605. The van der Waals surface area contributed by atoms with Gasteiger partial charge < -0.3 is 14.6 Å². The molecule has 0 radical (unpaired) electrons. The Balaban J connectivity index is 1.96.